The third kappa shape index (κ3) is 4.52. The van der Waals surface area contributed by atoms with Crippen LogP contribution in [-0.4, -0.2) is 56.5 Å². The van der Waals surface area contributed by atoms with Crippen molar-refractivity contribution in [3.8, 4) is 5.69 Å². The number of pyridine rings is 1. The van der Waals surface area contributed by atoms with Gasteiger partial charge in [-0.3, -0.25) is 9.47 Å². The van der Waals surface area contributed by atoms with E-state index in [0.29, 0.717) is 19.6 Å². The summed E-state index contributed by atoms with van der Waals surface area (Å²) in [6, 6.07) is 18.4. The molecule has 1 aliphatic heterocycles. The first-order chi connectivity index (χ1) is 16.5. The Bertz CT molecular complexity index is 1320. The normalized spacial score (nSPS) is 14.5. The molecule has 2 amide bonds. The van der Waals surface area contributed by atoms with Crippen LogP contribution in [0.15, 0.2) is 60.8 Å². The molecule has 7 nitrogen and oxygen atoms in total. The van der Waals surface area contributed by atoms with E-state index in [1.54, 1.807) is 0 Å². The Hall–Kier alpha value is -3.71. The van der Waals surface area contributed by atoms with E-state index in [0.717, 1.165) is 41.5 Å². The van der Waals surface area contributed by atoms with Crippen molar-refractivity contribution in [3.05, 3.63) is 83.3 Å². The van der Waals surface area contributed by atoms with Gasteiger partial charge in [0, 0.05) is 43.8 Å². The summed E-state index contributed by atoms with van der Waals surface area (Å²) in [6.07, 6.45) is 1.81. The summed E-state index contributed by atoms with van der Waals surface area (Å²) in [6.45, 7) is 9.88. The third-order valence-electron chi connectivity index (χ3n) is 6.56. The van der Waals surface area contributed by atoms with Crippen LogP contribution in [0.4, 0.5) is 10.5 Å². The van der Waals surface area contributed by atoms with Crippen LogP contribution in [0.2, 0.25) is 0 Å². The van der Waals surface area contributed by atoms with Crippen molar-refractivity contribution >= 4 is 22.9 Å². The molecule has 0 atom stereocenters. The number of benzene rings is 2. The highest BCUT2D eigenvalue weighted by atomic mass is 16.2. The summed E-state index contributed by atoms with van der Waals surface area (Å²) in [7, 11) is 0. The molecule has 174 valence electrons. The lowest BCUT2D eigenvalue weighted by atomic mass is 10.1. The number of rotatable bonds is 4. The molecule has 2 aromatic heterocycles. The first kappa shape index (κ1) is 22.1. The lowest BCUT2D eigenvalue weighted by molar-refractivity contribution is 0.140. The van der Waals surface area contributed by atoms with Crippen molar-refractivity contribution in [2.45, 2.75) is 27.3 Å². The largest absolute Gasteiger partial charge is 0.322 e. The molecule has 0 spiro atoms. The second-order valence-electron chi connectivity index (χ2n) is 9.04. The molecule has 3 heterocycles. The van der Waals surface area contributed by atoms with Crippen LogP contribution in [0.5, 0.6) is 0 Å². The molecule has 0 unspecified atom stereocenters. The number of carbonyl (C=O) groups is 1. The number of imidazole rings is 1. The van der Waals surface area contributed by atoms with Crippen LogP contribution < -0.4 is 5.32 Å². The molecule has 0 aliphatic carbocycles. The van der Waals surface area contributed by atoms with E-state index in [1.807, 2.05) is 41.4 Å². The van der Waals surface area contributed by atoms with Crippen molar-refractivity contribution in [1.29, 1.82) is 0 Å². The topological polar surface area (TPSA) is 66.3 Å². The van der Waals surface area contributed by atoms with Crippen LogP contribution in [0.25, 0.3) is 16.9 Å². The molecular formula is C27H30N6O. The van der Waals surface area contributed by atoms with Crippen LogP contribution in [0.3, 0.4) is 0 Å². The number of aryl methyl sites for hydroxylation is 3. The molecule has 1 N–H and O–H groups in total. The van der Waals surface area contributed by atoms with Gasteiger partial charge in [0.15, 0.2) is 5.65 Å². The van der Waals surface area contributed by atoms with Crippen molar-refractivity contribution in [2.24, 2.45) is 0 Å². The van der Waals surface area contributed by atoms with Gasteiger partial charge in [0.25, 0.3) is 0 Å². The standard InChI is InChI=1S/C27H30N6O/c1-19-6-10-23(11-7-19)33-25(30-24-5-4-12-28-26(24)33)18-31-13-15-32(16-14-31)27(34)29-22-9-8-20(2)21(3)17-22/h4-12,17H,13-16,18H2,1-3H3,(H,29,34). The van der Waals surface area contributed by atoms with Gasteiger partial charge in [0.1, 0.15) is 11.3 Å². The van der Waals surface area contributed by atoms with Crippen LogP contribution in [0.1, 0.15) is 22.5 Å². The zero-order valence-electron chi connectivity index (χ0n) is 20.0. The monoisotopic (exact) mass is 454 g/mol. The maximum atomic E-state index is 12.8. The number of aromatic nitrogens is 3. The summed E-state index contributed by atoms with van der Waals surface area (Å²) in [4.78, 5) is 26.5. The second-order valence-corrected chi connectivity index (χ2v) is 9.04. The average Bonchev–Trinajstić information content (AvgIpc) is 3.20. The first-order valence-electron chi connectivity index (χ1n) is 11.7. The summed E-state index contributed by atoms with van der Waals surface area (Å²) < 4.78 is 2.15. The predicted octanol–water partition coefficient (Wildman–Crippen LogP) is 4.70. The van der Waals surface area contributed by atoms with Gasteiger partial charge in [-0.2, -0.15) is 0 Å². The Kier molecular flexibility index (Phi) is 6.02. The van der Waals surface area contributed by atoms with E-state index >= 15 is 0 Å². The fourth-order valence-corrected chi connectivity index (χ4v) is 4.36. The van der Waals surface area contributed by atoms with Gasteiger partial charge in [-0.1, -0.05) is 23.8 Å². The highest BCUT2D eigenvalue weighted by Crippen LogP contribution is 2.22. The molecule has 2 aromatic carbocycles. The smallest absolute Gasteiger partial charge is 0.321 e. The number of urea groups is 1. The Morgan fingerprint density at radius 2 is 1.71 bits per heavy atom. The molecule has 0 bridgehead atoms. The molecule has 7 heteroatoms. The highest BCUT2D eigenvalue weighted by Gasteiger charge is 2.23. The lowest BCUT2D eigenvalue weighted by Gasteiger charge is -2.34. The maximum Gasteiger partial charge on any atom is 0.321 e. The summed E-state index contributed by atoms with van der Waals surface area (Å²) >= 11 is 0. The molecule has 4 aromatic rings. The highest BCUT2D eigenvalue weighted by molar-refractivity contribution is 5.89. The van der Waals surface area contributed by atoms with Gasteiger partial charge in [-0.25, -0.2) is 14.8 Å². The van der Waals surface area contributed by atoms with Gasteiger partial charge in [0.2, 0.25) is 0 Å². The van der Waals surface area contributed by atoms with Gasteiger partial charge >= 0.3 is 6.03 Å². The van der Waals surface area contributed by atoms with Crippen molar-refractivity contribution in [3.63, 3.8) is 0 Å². The minimum absolute atomic E-state index is 0.0426. The van der Waals surface area contributed by atoms with E-state index in [9.17, 15) is 4.79 Å². The van der Waals surface area contributed by atoms with Crippen molar-refractivity contribution in [2.75, 3.05) is 31.5 Å². The molecule has 0 radical (unpaired) electrons. The van der Waals surface area contributed by atoms with Crippen LogP contribution >= 0.6 is 0 Å². The minimum Gasteiger partial charge on any atom is -0.322 e. The summed E-state index contributed by atoms with van der Waals surface area (Å²) in [5.41, 5.74) is 7.28. The Labute approximate surface area is 200 Å². The van der Waals surface area contributed by atoms with Crippen molar-refractivity contribution in [1.82, 2.24) is 24.3 Å². The lowest BCUT2D eigenvalue weighted by Crippen LogP contribution is -2.49. The number of hydrogen-bond acceptors (Lipinski definition) is 4. The number of hydrogen-bond donors (Lipinski definition) is 1. The quantitative estimate of drug-likeness (QED) is 0.486. The molecule has 0 saturated carbocycles. The molecule has 34 heavy (non-hydrogen) atoms. The van der Waals surface area contributed by atoms with Gasteiger partial charge in [0.05, 0.1) is 6.54 Å². The number of fused-ring (bicyclic) bond motifs is 1. The first-order valence-corrected chi connectivity index (χ1v) is 11.7. The number of nitrogens with one attached hydrogen (secondary N) is 1. The molecular weight excluding hydrogens is 424 g/mol. The van der Waals surface area contributed by atoms with Gasteiger partial charge < -0.3 is 10.2 Å². The molecule has 1 fully saturated rings. The zero-order chi connectivity index (χ0) is 23.7. The Morgan fingerprint density at radius 1 is 0.941 bits per heavy atom. The van der Waals surface area contributed by atoms with E-state index in [1.165, 1.54) is 16.7 Å². The molecule has 1 aliphatic rings. The van der Waals surface area contributed by atoms with Crippen LogP contribution in [-0.2, 0) is 6.54 Å². The minimum atomic E-state index is -0.0426. The van der Waals surface area contributed by atoms with Crippen LogP contribution in [0, 0.1) is 20.8 Å². The van der Waals surface area contributed by atoms with Crippen molar-refractivity contribution < 1.29 is 4.79 Å². The third-order valence-corrected chi connectivity index (χ3v) is 6.56. The van der Waals surface area contributed by atoms with Gasteiger partial charge in [-0.05, 0) is 68.3 Å². The Balaban J connectivity index is 1.28. The zero-order valence-corrected chi connectivity index (χ0v) is 20.0. The van der Waals surface area contributed by atoms with E-state index in [4.69, 9.17) is 4.98 Å². The molecule has 5 rings (SSSR count). The second kappa shape index (κ2) is 9.27. The number of piperazine rings is 1. The SMILES string of the molecule is Cc1ccc(-n2c(CN3CCN(C(=O)Nc4ccc(C)c(C)c4)CC3)nc3cccnc32)cc1. The maximum absolute atomic E-state index is 12.8. The van der Waals surface area contributed by atoms with E-state index in [-0.39, 0.29) is 6.03 Å². The summed E-state index contributed by atoms with van der Waals surface area (Å²) in [5.74, 6) is 0.964. The van der Waals surface area contributed by atoms with Gasteiger partial charge in [-0.15, -0.1) is 0 Å². The number of amides is 2. The average molecular weight is 455 g/mol. The molecule has 1 saturated heterocycles. The fraction of sp³-hybridized carbons (Fsp3) is 0.296. The predicted molar refractivity (Wildman–Crippen MR) is 135 cm³/mol. The van der Waals surface area contributed by atoms with E-state index < -0.39 is 0 Å². The number of carbonyl (C=O) groups excluding carboxylic acids is 1. The number of anilines is 1. The van der Waals surface area contributed by atoms with E-state index in [2.05, 4.69) is 64.8 Å². The fourth-order valence-electron chi connectivity index (χ4n) is 4.36. The number of nitrogens with zero attached hydrogens (tertiary/aromatic N) is 5. The summed E-state index contributed by atoms with van der Waals surface area (Å²) in [5, 5.41) is 3.04. The Morgan fingerprint density at radius 3 is 2.44 bits per heavy atom.